The van der Waals surface area contributed by atoms with Gasteiger partial charge < -0.3 is 9.64 Å². The summed E-state index contributed by atoms with van der Waals surface area (Å²) < 4.78 is 6.26. The summed E-state index contributed by atoms with van der Waals surface area (Å²) in [7, 11) is 0. The molecule has 1 aromatic carbocycles. The Morgan fingerprint density at radius 3 is 2.95 bits per heavy atom. The number of nitriles is 1. The van der Waals surface area contributed by atoms with Crippen molar-refractivity contribution < 1.29 is 9.53 Å². The highest BCUT2D eigenvalue weighted by Gasteiger charge is 2.44. The lowest BCUT2D eigenvalue weighted by Crippen LogP contribution is -2.50. The first-order chi connectivity index (χ1) is 10.7. The second-order valence-corrected chi connectivity index (χ2v) is 6.35. The van der Waals surface area contributed by atoms with Gasteiger partial charge in [-0.1, -0.05) is 18.2 Å². The number of benzene rings is 1. The van der Waals surface area contributed by atoms with Gasteiger partial charge in [0, 0.05) is 25.1 Å². The van der Waals surface area contributed by atoms with Crippen LogP contribution in [0.1, 0.15) is 48.9 Å². The van der Waals surface area contributed by atoms with E-state index < -0.39 is 0 Å². The minimum atomic E-state index is -0.178. The molecule has 116 valence electrons. The van der Waals surface area contributed by atoms with Gasteiger partial charge in [0.05, 0.1) is 17.8 Å². The first kappa shape index (κ1) is 15.1. The third-order valence-corrected chi connectivity index (χ3v) is 4.76. The molecule has 2 saturated heterocycles. The van der Waals surface area contributed by atoms with E-state index in [4.69, 9.17) is 10.00 Å². The lowest BCUT2D eigenvalue weighted by Gasteiger charge is -2.40. The summed E-state index contributed by atoms with van der Waals surface area (Å²) in [6.07, 6.45) is 5.57. The molecule has 0 aromatic heterocycles. The normalized spacial score (nSPS) is 27.8. The molecule has 1 spiro atoms. The van der Waals surface area contributed by atoms with Crippen molar-refractivity contribution in [3.8, 4) is 6.07 Å². The van der Waals surface area contributed by atoms with E-state index in [-0.39, 0.29) is 17.6 Å². The maximum atomic E-state index is 12.6. The monoisotopic (exact) mass is 298 g/mol. The topological polar surface area (TPSA) is 53.3 Å². The second-order valence-electron chi connectivity index (χ2n) is 6.35. The number of piperidine rings is 1. The van der Waals surface area contributed by atoms with E-state index in [9.17, 15) is 4.79 Å². The highest BCUT2D eigenvalue weighted by atomic mass is 16.5. The van der Waals surface area contributed by atoms with Crippen molar-refractivity contribution in [1.29, 1.82) is 5.26 Å². The molecule has 1 aromatic rings. The number of carbonyl (C=O) groups is 1. The molecular weight excluding hydrogens is 276 g/mol. The fourth-order valence-electron chi connectivity index (χ4n) is 3.66. The molecule has 4 nitrogen and oxygen atoms in total. The Labute approximate surface area is 131 Å². The fraction of sp³-hybridized carbons (Fsp3) is 0.556. The summed E-state index contributed by atoms with van der Waals surface area (Å²) in [5.41, 5.74) is 0.571. The lowest BCUT2D eigenvalue weighted by molar-refractivity contribution is -0.0781. The minimum absolute atomic E-state index is 0.101. The lowest BCUT2D eigenvalue weighted by atomic mass is 9.89. The Hall–Kier alpha value is -1.86. The summed E-state index contributed by atoms with van der Waals surface area (Å²) in [6, 6.07) is 11.7. The van der Waals surface area contributed by atoms with Crippen LogP contribution in [0, 0.1) is 11.3 Å². The van der Waals surface area contributed by atoms with E-state index in [0.717, 1.165) is 44.2 Å². The second kappa shape index (κ2) is 6.50. The van der Waals surface area contributed by atoms with Gasteiger partial charge in [0.1, 0.15) is 0 Å². The van der Waals surface area contributed by atoms with Crippen molar-refractivity contribution in [2.45, 2.75) is 50.2 Å². The molecule has 0 saturated carbocycles. The zero-order valence-corrected chi connectivity index (χ0v) is 12.8. The highest BCUT2D eigenvalue weighted by molar-refractivity contribution is 5.94. The number of hydrogen-bond donors (Lipinski definition) is 0. The summed E-state index contributed by atoms with van der Waals surface area (Å²) >= 11 is 0. The van der Waals surface area contributed by atoms with Crippen molar-refractivity contribution in [2.75, 3.05) is 13.1 Å². The highest BCUT2D eigenvalue weighted by Crippen LogP contribution is 2.39. The average molecular weight is 298 g/mol. The van der Waals surface area contributed by atoms with Crippen molar-refractivity contribution >= 4 is 5.91 Å². The van der Waals surface area contributed by atoms with Crippen LogP contribution in [0.15, 0.2) is 30.3 Å². The summed E-state index contributed by atoms with van der Waals surface area (Å²) in [5.74, 6) is 0.101. The van der Waals surface area contributed by atoms with E-state index >= 15 is 0 Å². The molecule has 2 fully saturated rings. The summed E-state index contributed by atoms with van der Waals surface area (Å²) in [5, 5.41) is 8.71. The Morgan fingerprint density at radius 1 is 1.36 bits per heavy atom. The van der Waals surface area contributed by atoms with Crippen LogP contribution in [-0.2, 0) is 4.74 Å². The zero-order chi connectivity index (χ0) is 15.4. The molecule has 0 unspecified atom stereocenters. The van der Waals surface area contributed by atoms with Gasteiger partial charge in [-0.3, -0.25) is 4.79 Å². The predicted octanol–water partition coefficient (Wildman–Crippen LogP) is 3.14. The quantitative estimate of drug-likeness (QED) is 0.861. The van der Waals surface area contributed by atoms with Crippen LogP contribution in [0.25, 0.3) is 0 Å². The van der Waals surface area contributed by atoms with Crippen molar-refractivity contribution in [2.24, 2.45) is 0 Å². The molecule has 2 heterocycles. The van der Waals surface area contributed by atoms with Gasteiger partial charge in [0.15, 0.2) is 0 Å². The number of likely N-dealkylation sites (tertiary alicyclic amines) is 1. The van der Waals surface area contributed by atoms with Crippen LogP contribution in [-0.4, -0.2) is 35.6 Å². The van der Waals surface area contributed by atoms with Crippen LogP contribution < -0.4 is 0 Å². The van der Waals surface area contributed by atoms with Crippen molar-refractivity contribution in [3.63, 3.8) is 0 Å². The molecule has 22 heavy (non-hydrogen) atoms. The zero-order valence-electron chi connectivity index (χ0n) is 12.8. The first-order valence-electron chi connectivity index (χ1n) is 8.12. The van der Waals surface area contributed by atoms with Crippen molar-refractivity contribution in [3.05, 3.63) is 35.9 Å². The fourth-order valence-corrected chi connectivity index (χ4v) is 3.66. The molecule has 0 bridgehead atoms. The minimum Gasteiger partial charge on any atom is -0.370 e. The standard InChI is InChI=1S/C18H22N2O2/c19-12-4-8-16-9-11-18(22-16)10-5-13-20(14-18)17(21)15-6-2-1-3-7-15/h1-3,6-7,16H,4-5,8-11,13-14H2/t16-,18-/m0/s1. The van der Waals surface area contributed by atoms with Crippen LogP contribution in [0.5, 0.6) is 0 Å². The van der Waals surface area contributed by atoms with Gasteiger partial charge >= 0.3 is 0 Å². The van der Waals surface area contributed by atoms with Crippen LogP contribution >= 0.6 is 0 Å². The van der Waals surface area contributed by atoms with E-state index in [1.165, 1.54) is 0 Å². The Kier molecular flexibility index (Phi) is 4.44. The van der Waals surface area contributed by atoms with Crippen LogP contribution in [0.3, 0.4) is 0 Å². The summed E-state index contributed by atoms with van der Waals surface area (Å²) in [6.45, 7) is 1.49. The maximum Gasteiger partial charge on any atom is 0.253 e. The Balaban J connectivity index is 1.65. The molecule has 3 rings (SSSR count). The van der Waals surface area contributed by atoms with Crippen molar-refractivity contribution in [1.82, 2.24) is 4.90 Å². The Bertz CT molecular complexity index is 566. The number of hydrogen-bond acceptors (Lipinski definition) is 3. The van der Waals surface area contributed by atoms with Crippen LogP contribution in [0.4, 0.5) is 0 Å². The molecule has 1 amide bonds. The average Bonchev–Trinajstić information content (AvgIpc) is 2.95. The van der Waals surface area contributed by atoms with Gasteiger partial charge in [0.25, 0.3) is 5.91 Å². The number of amides is 1. The molecule has 2 aliphatic heterocycles. The molecule has 4 heteroatoms. The SMILES string of the molecule is N#CCC[C@H]1CC[C@]2(CCCN(C(=O)c3ccccc3)C2)O1. The maximum absolute atomic E-state index is 12.6. The number of nitrogens with zero attached hydrogens (tertiary/aromatic N) is 2. The third kappa shape index (κ3) is 3.15. The largest absolute Gasteiger partial charge is 0.370 e. The Morgan fingerprint density at radius 2 is 2.18 bits per heavy atom. The third-order valence-electron chi connectivity index (χ3n) is 4.76. The van der Waals surface area contributed by atoms with E-state index in [2.05, 4.69) is 6.07 Å². The van der Waals surface area contributed by atoms with Gasteiger partial charge in [-0.05, 0) is 44.2 Å². The van der Waals surface area contributed by atoms with E-state index in [1.807, 2.05) is 35.2 Å². The van der Waals surface area contributed by atoms with Gasteiger partial charge in [-0.25, -0.2) is 0 Å². The number of rotatable bonds is 3. The first-order valence-corrected chi connectivity index (χ1v) is 8.12. The number of ether oxygens (including phenoxy) is 1. The predicted molar refractivity (Wildman–Crippen MR) is 83.3 cm³/mol. The summed E-state index contributed by atoms with van der Waals surface area (Å²) in [4.78, 5) is 14.6. The van der Waals surface area contributed by atoms with E-state index in [0.29, 0.717) is 13.0 Å². The van der Waals surface area contributed by atoms with Gasteiger partial charge in [0.2, 0.25) is 0 Å². The van der Waals surface area contributed by atoms with Gasteiger partial charge in [-0.2, -0.15) is 5.26 Å². The number of carbonyl (C=O) groups excluding carboxylic acids is 1. The van der Waals surface area contributed by atoms with E-state index in [1.54, 1.807) is 0 Å². The molecular formula is C18H22N2O2. The molecule has 0 radical (unpaired) electrons. The molecule has 0 aliphatic carbocycles. The molecule has 2 aliphatic rings. The van der Waals surface area contributed by atoms with Gasteiger partial charge in [-0.15, -0.1) is 0 Å². The molecule has 0 N–H and O–H groups in total. The smallest absolute Gasteiger partial charge is 0.253 e. The molecule has 2 atom stereocenters. The van der Waals surface area contributed by atoms with Crippen LogP contribution in [0.2, 0.25) is 0 Å².